The summed E-state index contributed by atoms with van der Waals surface area (Å²) in [7, 11) is 0. The normalized spacial score (nSPS) is 19.9. The first-order chi connectivity index (χ1) is 8.65. The molecule has 1 heterocycles. The zero-order valence-electron chi connectivity index (χ0n) is 10.7. The zero-order valence-corrected chi connectivity index (χ0v) is 10.7. The second-order valence-corrected chi connectivity index (χ2v) is 4.82. The Morgan fingerprint density at radius 1 is 1.56 bits per heavy atom. The average molecular weight is 250 g/mol. The molecule has 1 fully saturated rings. The van der Waals surface area contributed by atoms with Gasteiger partial charge in [-0.2, -0.15) is 0 Å². The second-order valence-electron chi connectivity index (χ2n) is 4.82. The lowest BCUT2D eigenvalue weighted by Gasteiger charge is -2.32. The third-order valence-corrected chi connectivity index (χ3v) is 3.24. The molecule has 18 heavy (non-hydrogen) atoms. The van der Waals surface area contributed by atoms with Crippen molar-refractivity contribution in [3.63, 3.8) is 0 Å². The summed E-state index contributed by atoms with van der Waals surface area (Å²) in [4.78, 5) is 13.9. The van der Waals surface area contributed by atoms with Crippen LogP contribution in [0.4, 0.5) is 4.39 Å². The van der Waals surface area contributed by atoms with Crippen molar-refractivity contribution in [1.29, 1.82) is 0 Å². The predicted octanol–water partition coefficient (Wildman–Crippen LogP) is 1.58. The van der Waals surface area contributed by atoms with Crippen LogP contribution in [0.5, 0.6) is 0 Å². The Labute approximate surface area is 107 Å². The summed E-state index contributed by atoms with van der Waals surface area (Å²) in [5.74, 6) is -0.0802. The number of hydrogen-bond donors (Lipinski definition) is 1. The summed E-state index contributed by atoms with van der Waals surface area (Å²) in [5.41, 5.74) is 0.881. The molecule has 1 aliphatic rings. The highest BCUT2D eigenvalue weighted by Gasteiger charge is 2.19. The van der Waals surface area contributed by atoms with Crippen LogP contribution in [0.2, 0.25) is 0 Å². The van der Waals surface area contributed by atoms with Crippen molar-refractivity contribution < 1.29 is 9.18 Å². The summed E-state index contributed by atoms with van der Waals surface area (Å²) in [6, 6.07) is 6.81. The maximum absolute atomic E-state index is 13.0. The van der Waals surface area contributed by atoms with Gasteiger partial charge in [-0.3, -0.25) is 4.79 Å². The van der Waals surface area contributed by atoms with Crippen LogP contribution in [-0.4, -0.2) is 36.5 Å². The van der Waals surface area contributed by atoms with Crippen molar-refractivity contribution in [3.8, 4) is 0 Å². The molecule has 0 spiro atoms. The van der Waals surface area contributed by atoms with E-state index in [1.807, 2.05) is 11.0 Å². The third kappa shape index (κ3) is 3.53. The first-order valence-corrected chi connectivity index (χ1v) is 6.41. The minimum Gasteiger partial charge on any atom is -0.340 e. The van der Waals surface area contributed by atoms with Gasteiger partial charge < -0.3 is 10.2 Å². The molecule has 1 atom stereocenters. The Balaban J connectivity index is 1.84. The summed E-state index contributed by atoms with van der Waals surface area (Å²) in [6.07, 6.45) is 1.06. The predicted molar refractivity (Wildman–Crippen MR) is 68.8 cm³/mol. The van der Waals surface area contributed by atoms with Crippen molar-refractivity contribution >= 4 is 5.91 Å². The minimum absolute atomic E-state index is 0.160. The molecule has 3 nitrogen and oxygen atoms in total. The van der Waals surface area contributed by atoms with Crippen LogP contribution in [0.1, 0.15) is 18.9 Å². The highest BCUT2D eigenvalue weighted by atomic mass is 19.1. The van der Waals surface area contributed by atoms with E-state index < -0.39 is 0 Å². The van der Waals surface area contributed by atoms with E-state index >= 15 is 0 Å². The van der Waals surface area contributed by atoms with Gasteiger partial charge in [-0.1, -0.05) is 12.1 Å². The van der Waals surface area contributed by atoms with Crippen molar-refractivity contribution in [2.24, 2.45) is 0 Å². The number of aryl methyl sites for hydroxylation is 1. The molecule has 98 valence electrons. The number of piperazine rings is 1. The fourth-order valence-corrected chi connectivity index (χ4v) is 2.26. The highest BCUT2D eigenvalue weighted by molar-refractivity contribution is 5.76. The molecule has 1 amide bonds. The molecule has 1 unspecified atom stereocenters. The first-order valence-electron chi connectivity index (χ1n) is 6.41. The number of amides is 1. The molecule has 0 radical (unpaired) electrons. The van der Waals surface area contributed by atoms with Crippen LogP contribution in [0.25, 0.3) is 0 Å². The van der Waals surface area contributed by atoms with Gasteiger partial charge in [0.15, 0.2) is 0 Å². The lowest BCUT2D eigenvalue weighted by atomic mass is 10.1. The standard InChI is InChI=1S/C14H19FN2O/c1-11-10-17(8-7-16-11)14(18)6-5-12-3-2-4-13(15)9-12/h2-4,9,11,16H,5-8,10H2,1H3. The second kappa shape index (κ2) is 5.96. The maximum Gasteiger partial charge on any atom is 0.222 e. The molecule has 1 aromatic carbocycles. The van der Waals surface area contributed by atoms with Gasteiger partial charge in [0.25, 0.3) is 0 Å². The van der Waals surface area contributed by atoms with Crippen LogP contribution >= 0.6 is 0 Å². The first kappa shape index (κ1) is 13.0. The Morgan fingerprint density at radius 2 is 2.39 bits per heavy atom. The van der Waals surface area contributed by atoms with E-state index in [9.17, 15) is 9.18 Å². The molecule has 1 N–H and O–H groups in total. The van der Waals surface area contributed by atoms with Gasteiger partial charge in [0, 0.05) is 32.1 Å². The summed E-state index contributed by atoms with van der Waals surface area (Å²) in [6.45, 7) is 4.47. The molecule has 0 saturated carbocycles. The lowest BCUT2D eigenvalue weighted by Crippen LogP contribution is -2.51. The molecule has 2 rings (SSSR count). The van der Waals surface area contributed by atoms with Crippen LogP contribution < -0.4 is 5.32 Å². The smallest absolute Gasteiger partial charge is 0.222 e. The SMILES string of the molecule is CC1CN(C(=O)CCc2cccc(F)c2)CCN1. The van der Waals surface area contributed by atoms with Gasteiger partial charge in [-0.15, -0.1) is 0 Å². The zero-order chi connectivity index (χ0) is 13.0. The fourth-order valence-electron chi connectivity index (χ4n) is 2.26. The number of hydrogen-bond acceptors (Lipinski definition) is 2. The Bertz CT molecular complexity index is 422. The molecular formula is C14H19FN2O. The Kier molecular flexibility index (Phi) is 4.31. The highest BCUT2D eigenvalue weighted by Crippen LogP contribution is 2.08. The van der Waals surface area contributed by atoms with Gasteiger partial charge in [0.05, 0.1) is 0 Å². The quantitative estimate of drug-likeness (QED) is 0.883. The van der Waals surface area contributed by atoms with E-state index in [1.165, 1.54) is 12.1 Å². The van der Waals surface area contributed by atoms with Crippen molar-refractivity contribution in [1.82, 2.24) is 10.2 Å². The number of benzene rings is 1. The molecule has 1 saturated heterocycles. The molecule has 1 aromatic rings. The Morgan fingerprint density at radius 3 is 3.11 bits per heavy atom. The number of nitrogens with zero attached hydrogens (tertiary/aromatic N) is 1. The fraction of sp³-hybridized carbons (Fsp3) is 0.500. The van der Waals surface area contributed by atoms with Crippen LogP contribution in [-0.2, 0) is 11.2 Å². The van der Waals surface area contributed by atoms with E-state index in [0.29, 0.717) is 18.9 Å². The van der Waals surface area contributed by atoms with E-state index in [2.05, 4.69) is 12.2 Å². The van der Waals surface area contributed by atoms with E-state index in [4.69, 9.17) is 0 Å². The van der Waals surface area contributed by atoms with Gasteiger partial charge >= 0.3 is 0 Å². The number of carbonyl (C=O) groups is 1. The van der Waals surface area contributed by atoms with Crippen LogP contribution in [0.15, 0.2) is 24.3 Å². The van der Waals surface area contributed by atoms with E-state index in [-0.39, 0.29) is 11.7 Å². The molecule has 0 aromatic heterocycles. The average Bonchev–Trinajstić information content (AvgIpc) is 2.36. The van der Waals surface area contributed by atoms with Crippen molar-refractivity contribution in [2.75, 3.05) is 19.6 Å². The maximum atomic E-state index is 13.0. The van der Waals surface area contributed by atoms with E-state index in [1.54, 1.807) is 6.07 Å². The van der Waals surface area contributed by atoms with Crippen LogP contribution in [0.3, 0.4) is 0 Å². The van der Waals surface area contributed by atoms with Gasteiger partial charge in [0.1, 0.15) is 5.82 Å². The summed E-state index contributed by atoms with van der Waals surface area (Å²) < 4.78 is 13.0. The van der Waals surface area contributed by atoms with Gasteiger partial charge in [-0.25, -0.2) is 4.39 Å². The summed E-state index contributed by atoms with van der Waals surface area (Å²) in [5, 5.41) is 3.30. The minimum atomic E-state index is -0.240. The largest absolute Gasteiger partial charge is 0.340 e. The number of nitrogens with one attached hydrogen (secondary N) is 1. The Hall–Kier alpha value is -1.42. The van der Waals surface area contributed by atoms with Crippen molar-refractivity contribution in [2.45, 2.75) is 25.8 Å². The number of carbonyl (C=O) groups excluding carboxylic acids is 1. The van der Waals surface area contributed by atoms with Crippen molar-refractivity contribution in [3.05, 3.63) is 35.6 Å². The molecular weight excluding hydrogens is 231 g/mol. The topological polar surface area (TPSA) is 32.3 Å². The monoisotopic (exact) mass is 250 g/mol. The van der Waals surface area contributed by atoms with E-state index in [0.717, 1.165) is 25.2 Å². The van der Waals surface area contributed by atoms with Gasteiger partial charge in [-0.05, 0) is 31.0 Å². The van der Waals surface area contributed by atoms with Crippen LogP contribution in [0, 0.1) is 5.82 Å². The lowest BCUT2D eigenvalue weighted by molar-refractivity contribution is -0.132. The summed E-state index contributed by atoms with van der Waals surface area (Å²) >= 11 is 0. The molecule has 4 heteroatoms. The number of halogens is 1. The molecule has 1 aliphatic heterocycles. The third-order valence-electron chi connectivity index (χ3n) is 3.24. The number of rotatable bonds is 3. The molecule has 0 aliphatic carbocycles. The molecule has 0 bridgehead atoms. The van der Waals surface area contributed by atoms with Gasteiger partial charge in [0.2, 0.25) is 5.91 Å².